The van der Waals surface area contributed by atoms with Crippen LogP contribution in [-0.4, -0.2) is 13.6 Å². The van der Waals surface area contributed by atoms with Crippen molar-refractivity contribution < 1.29 is 4.79 Å². The molecule has 0 aromatic heterocycles. The maximum absolute atomic E-state index is 11.5. The van der Waals surface area contributed by atoms with Crippen molar-refractivity contribution in [2.24, 2.45) is 5.92 Å². The molecule has 1 fully saturated rings. The van der Waals surface area contributed by atoms with Crippen LogP contribution in [-0.2, 0) is 11.2 Å². The largest absolute Gasteiger partial charge is 0.399 e. The minimum atomic E-state index is 0.317. The van der Waals surface area contributed by atoms with Gasteiger partial charge >= 0.3 is 0 Å². The zero-order valence-corrected chi connectivity index (χ0v) is 9.83. The van der Waals surface area contributed by atoms with Crippen molar-refractivity contribution in [3.8, 4) is 0 Å². The summed E-state index contributed by atoms with van der Waals surface area (Å²) in [7, 11) is 2.09. The average Bonchev–Trinajstić information content (AvgIpc) is 2.63. The van der Waals surface area contributed by atoms with Crippen molar-refractivity contribution in [1.82, 2.24) is 0 Å². The van der Waals surface area contributed by atoms with E-state index in [1.54, 1.807) is 0 Å². The highest BCUT2D eigenvalue weighted by molar-refractivity contribution is 6.33. The summed E-state index contributed by atoms with van der Waals surface area (Å²) >= 11 is 0. The predicted octanol–water partition coefficient (Wildman–Crippen LogP) is 0.829. The van der Waals surface area contributed by atoms with Crippen LogP contribution in [0.2, 0.25) is 0 Å². The Morgan fingerprint density at radius 2 is 2.25 bits per heavy atom. The summed E-state index contributed by atoms with van der Waals surface area (Å²) in [6.45, 7) is 0. The van der Waals surface area contributed by atoms with E-state index in [1.807, 2.05) is 12.1 Å². The summed E-state index contributed by atoms with van der Waals surface area (Å²) in [6, 6.07) is 6.04. The first-order chi connectivity index (χ1) is 7.66. The molecule has 0 spiro atoms. The normalized spacial score (nSPS) is 20.2. The Bertz CT molecular complexity index is 403. The zero-order chi connectivity index (χ0) is 11.5. The van der Waals surface area contributed by atoms with E-state index in [2.05, 4.69) is 13.9 Å². The van der Waals surface area contributed by atoms with Gasteiger partial charge in [-0.15, -0.1) is 0 Å². The zero-order valence-electron chi connectivity index (χ0n) is 9.83. The lowest BCUT2D eigenvalue weighted by Gasteiger charge is -2.10. The van der Waals surface area contributed by atoms with E-state index in [4.69, 9.17) is 5.73 Å². The van der Waals surface area contributed by atoms with E-state index < -0.39 is 0 Å². The van der Waals surface area contributed by atoms with Gasteiger partial charge in [-0.2, -0.15) is 0 Å². The Morgan fingerprint density at radius 3 is 2.88 bits per heavy atom. The molecule has 1 aromatic carbocycles. The van der Waals surface area contributed by atoms with Crippen LogP contribution in [0.25, 0.3) is 0 Å². The van der Waals surface area contributed by atoms with Gasteiger partial charge in [-0.3, -0.25) is 4.79 Å². The molecule has 0 amide bonds. The van der Waals surface area contributed by atoms with Crippen molar-refractivity contribution in [3.63, 3.8) is 0 Å². The monoisotopic (exact) mass is 215 g/mol. The SMILES string of the molecule is Bc1cc(N)ccc1CCC1CCCC1=O. The lowest BCUT2D eigenvalue weighted by Crippen LogP contribution is -2.14. The third-order valence-corrected chi connectivity index (χ3v) is 3.56. The van der Waals surface area contributed by atoms with E-state index in [1.165, 1.54) is 11.0 Å². The van der Waals surface area contributed by atoms with E-state index in [0.29, 0.717) is 11.7 Å². The van der Waals surface area contributed by atoms with Gasteiger partial charge in [0.05, 0.1) is 0 Å². The maximum atomic E-state index is 11.5. The van der Waals surface area contributed by atoms with E-state index in [0.717, 1.165) is 37.8 Å². The minimum Gasteiger partial charge on any atom is -0.399 e. The Hall–Kier alpha value is -1.25. The average molecular weight is 215 g/mol. The molecule has 1 unspecified atom stereocenters. The van der Waals surface area contributed by atoms with Gasteiger partial charge in [-0.05, 0) is 37.8 Å². The number of carbonyl (C=O) groups excluding carboxylic acids is 1. The number of hydrogen-bond acceptors (Lipinski definition) is 2. The molecule has 1 atom stereocenters. The standard InChI is InChI=1S/C13H18BNO/c14-12-8-11(15)7-6-9(12)4-5-10-2-1-3-13(10)16/h6-8,10H,1-5,14-15H2. The molecule has 2 rings (SSSR count). The first-order valence-corrected chi connectivity index (χ1v) is 6.04. The minimum absolute atomic E-state index is 0.317. The number of Topliss-reactive ketones (excluding diaryl/α,β-unsaturated/α-hetero) is 1. The fraction of sp³-hybridized carbons (Fsp3) is 0.462. The maximum Gasteiger partial charge on any atom is 0.139 e. The molecule has 0 bridgehead atoms. The first-order valence-electron chi connectivity index (χ1n) is 6.04. The van der Waals surface area contributed by atoms with Gasteiger partial charge in [0.25, 0.3) is 0 Å². The van der Waals surface area contributed by atoms with Crippen molar-refractivity contribution in [1.29, 1.82) is 0 Å². The first kappa shape index (κ1) is 11.2. The van der Waals surface area contributed by atoms with Crippen LogP contribution in [0.5, 0.6) is 0 Å². The third kappa shape index (κ3) is 2.46. The van der Waals surface area contributed by atoms with Gasteiger partial charge in [-0.1, -0.05) is 17.1 Å². The number of benzene rings is 1. The molecule has 0 aliphatic heterocycles. The Labute approximate surface area is 97.6 Å². The van der Waals surface area contributed by atoms with Crippen molar-refractivity contribution >= 4 is 24.8 Å². The molecular formula is C13H18BNO. The molecule has 2 N–H and O–H groups in total. The van der Waals surface area contributed by atoms with Crippen LogP contribution in [0.4, 0.5) is 5.69 Å². The summed E-state index contributed by atoms with van der Waals surface area (Å²) in [5.74, 6) is 0.782. The Morgan fingerprint density at radius 1 is 1.44 bits per heavy atom. The molecule has 3 heteroatoms. The summed E-state index contributed by atoms with van der Waals surface area (Å²) in [6.07, 6.45) is 4.98. The van der Waals surface area contributed by atoms with Crippen molar-refractivity contribution in [2.45, 2.75) is 32.1 Å². The third-order valence-electron chi connectivity index (χ3n) is 3.56. The van der Waals surface area contributed by atoms with Gasteiger partial charge in [0.1, 0.15) is 13.6 Å². The van der Waals surface area contributed by atoms with Crippen molar-refractivity contribution in [3.05, 3.63) is 23.8 Å². The van der Waals surface area contributed by atoms with Crippen LogP contribution in [0.3, 0.4) is 0 Å². The molecule has 2 nitrogen and oxygen atoms in total. The molecule has 84 valence electrons. The molecular weight excluding hydrogens is 197 g/mol. The summed E-state index contributed by atoms with van der Waals surface area (Å²) in [5.41, 5.74) is 9.10. The Balaban J connectivity index is 1.96. The van der Waals surface area contributed by atoms with Crippen molar-refractivity contribution in [2.75, 3.05) is 5.73 Å². The van der Waals surface area contributed by atoms with E-state index in [-0.39, 0.29) is 0 Å². The Kier molecular flexibility index (Phi) is 3.32. The second-order valence-electron chi connectivity index (χ2n) is 4.78. The summed E-state index contributed by atoms with van der Waals surface area (Å²) in [5, 5.41) is 0. The molecule has 0 saturated heterocycles. The smallest absolute Gasteiger partial charge is 0.139 e. The number of aryl methyl sites for hydroxylation is 1. The topological polar surface area (TPSA) is 43.1 Å². The van der Waals surface area contributed by atoms with Gasteiger partial charge in [0.15, 0.2) is 0 Å². The fourth-order valence-electron chi connectivity index (χ4n) is 2.52. The number of rotatable bonds is 3. The molecule has 1 aliphatic carbocycles. The quantitative estimate of drug-likeness (QED) is 0.599. The van der Waals surface area contributed by atoms with E-state index >= 15 is 0 Å². The van der Waals surface area contributed by atoms with Gasteiger partial charge in [-0.25, -0.2) is 0 Å². The number of ketones is 1. The molecule has 1 aliphatic rings. The number of hydrogen-bond donors (Lipinski definition) is 1. The molecule has 0 heterocycles. The van der Waals surface area contributed by atoms with Gasteiger partial charge in [0, 0.05) is 18.0 Å². The molecule has 16 heavy (non-hydrogen) atoms. The van der Waals surface area contributed by atoms with Gasteiger partial charge in [0.2, 0.25) is 0 Å². The number of nitrogen functional groups attached to an aromatic ring is 1. The molecule has 1 aromatic rings. The number of carbonyl (C=O) groups is 1. The van der Waals surface area contributed by atoms with Crippen LogP contribution in [0.15, 0.2) is 18.2 Å². The van der Waals surface area contributed by atoms with Crippen LogP contribution in [0.1, 0.15) is 31.2 Å². The highest BCUT2D eigenvalue weighted by Gasteiger charge is 2.23. The molecule has 1 saturated carbocycles. The number of nitrogens with two attached hydrogens (primary N) is 1. The van der Waals surface area contributed by atoms with Crippen LogP contribution >= 0.6 is 0 Å². The second-order valence-corrected chi connectivity index (χ2v) is 4.78. The lowest BCUT2D eigenvalue weighted by atomic mass is 9.86. The van der Waals surface area contributed by atoms with Crippen LogP contribution in [0, 0.1) is 5.92 Å². The van der Waals surface area contributed by atoms with Crippen LogP contribution < -0.4 is 11.2 Å². The van der Waals surface area contributed by atoms with Gasteiger partial charge < -0.3 is 5.73 Å². The summed E-state index contributed by atoms with van der Waals surface area (Å²) < 4.78 is 0. The summed E-state index contributed by atoms with van der Waals surface area (Å²) in [4.78, 5) is 11.5. The fourth-order valence-corrected chi connectivity index (χ4v) is 2.52. The lowest BCUT2D eigenvalue weighted by molar-refractivity contribution is -0.120. The molecule has 0 radical (unpaired) electrons. The number of anilines is 1. The predicted molar refractivity (Wildman–Crippen MR) is 69.7 cm³/mol. The second kappa shape index (κ2) is 4.73. The highest BCUT2D eigenvalue weighted by Crippen LogP contribution is 2.25. The van der Waals surface area contributed by atoms with E-state index in [9.17, 15) is 4.79 Å². The highest BCUT2D eigenvalue weighted by atomic mass is 16.1.